The van der Waals surface area contributed by atoms with Crippen LogP contribution in [0.25, 0.3) is 0 Å². The van der Waals surface area contributed by atoms with Crippen molar-refractivity contribution in [1.82, 2.24) is 9.21 Å². The summed E-state index contributed by atoms with van der Waals surface area (Å²) in [5, 5.41) is 0. The highest BCUT2D eigenvalue weighted by atomic mass is 32.2. The van der Waals surface area contributed by atoms with Crippen LogP contribution in [0, 0.1) is 5.92 Å². The van der Waals surface area contributed by atoms with Gasteiger partial charge in [0.1, 0.15) is 0 Å². The summed E-state index contributed by atoms with van der Waals surface area (Å²) < 4.78 is 38.2. The van der Waals surface area contributed by atoms with Gasteiger partial charge < -0.3 is 9.47 Å². The van der Waals surface area contributed by atoms with E-state index in [9.17, 15) is 8.42 Å². The van der Waals surface area contributed by atoms with Crippen LogP contribution in [0.3, 0.4) is 0 Å². The molecule has 0 bridgehead atoms. The first-order valence-electron chi connectivity index (χ1n) is 10.6. The smallest absolute Gasteiger partial charge is 0.211 e. The third kappa shape index (κ3) is 3.64. The van der Waals surface area contributed by atoms with E-state index in [4.69, 9.17) is 9.47 Å². The number of fused-ring (bicyclic) bond motifs is 4. The zero-order valence-electron chi connectivity index (χ0n) is 17.2. The van der Waals surface area contributed by atoms with Gasteiger partial charge in [-0.3, -0.25) is 4.90 Å². The highest BCUT2D eigenvalue weighted by molar-refractivity contribution is 7.88. The summed E-state index contributed by atoms with van der Waals surface area (Å²) in [6.07, 6.45) is 5.32. The summed E-state index contributed by atoms with van der Waals surface area (Å²) in [5.41, 5.74) is 2.60. The Hall–Kier alpha value is -1.31. The number of hydrogen-bond acceptors (Lipinski definition) is 5. The third-order valence-corrected chi connectivity index (χ3v) is 7.81. The van der Waals surface area contributed by atoms with Crippen LogP contribution in [0.5, 0.6) is 11.5 Å². The molecular formula is C21H32N2O4S. The molecule has 2 fully saturated rings. The van der Waals surface area contributed by atoms with E-state index < -0.39 is 10.0 Å². The minimum absolute atomic E-state index is 0.109. The van der Waals surface area contributed by atoms with Crippen molar-refractivity contribution < 1.29 is 17.9 Å². The molecule has 3 aliphatic heterocycles. The van der Waals surface area contributed by atoms with E-state index in [0.717, 1.165) is 50.3 Å². The molecule has 2 saturated heterocycles. The number of rotatable bonds is 5. The summed E-state index contributed by atoms with van der Waals surface area (Å²) in [6, 6.07) is 4.65. The summed E-state index contributed by atoms with van der Waals surface area (Å²) in [7, 11) is -3.17. The van der Waals surface area contributed by atoms with Gasteiger partial charge in [-0.1, -0.05) is 0 Å². The van der Waals surface area contributed by atoms with Gasteiger partial charge in [0.2, 0.25) is 10.0 Å². The van der Waals surface area contributed by atoms with Crippen LogP contribution in [0.2, 0.25) is 0 Å². The Morgan fingerprint density at radius 1 is 1.11 bits per heavy atom. The van der Waals surface area contributed by atoms with Crippen LogP contribution in [0.4, 0.5) is 0 Å². The monoisotopic (exact) mass is 408 g/mol. The fourth-order valence-electron chi connectivity index (χ4n) is 5.36. The Morgan fingerprint density at radius 3 is 2.50 bits per heavy atom. The van der Waals surface area contributed by atoms with E-state index in [0.29, 0.717) is 25.7 Å². The Balaban J connectivity index is 1.68. The quantitative estimate of drug-likeness (QED) is 0.750. The Kier molecular flexibility index (Phi) is 5.60. The molecule has 1 aromatic carbocycles. The van der Waals surface area contributed by atoms with Crippen LogP contribution in [-0.2, 0) is 16.4 Å². The summed E-state index contributed by atoms with van der Waals surface area (Å²) in [6.45, 7) is 7.85. The Bertz CT molecular complexity index is 826. The molecule has 1 aromatic rings. The minimum atomic E-state index is -3.17. The predicted octanol–water partition coefficient (Wildman–Crippen LogP) is 2.83. The maximum absolute atomic E-state index is 12.4. The average Bonchev–Trinajstić information content (AvgIpc) is 2.66. The first-order valence-corrected chi connectivity index (χ1v) is 12.4. The second-order valence-electron chi connectivity index (χ2n) is 8.20. The van der Waals surface area contributed by atoms with Gasteiger partial charge in [-0.25, -0.2) is 8.42 Å². The molecule has 0 radical (unpaired) electrons. The molecule has 3 heterocycles. The SMILES string of the molecule is CCOc1cc2c(cc1OCC)[C@H]1C[C@H]3[C@H](CCCN3S(C)(=O)=O)CN1CC2. The predicted molar refractivity (Wildman–Crippen MR) is 109 cm³/mol. The van der Waals surface area contributed by atoms with Gasteiger partial charge in [-0.05, 0) is 68.7 Å². The molecule has 0 N–H and O–H groups in total. The third-order valence-electron chi connectivity index (χ3n) is 6.50. The highest BCUT2D eigenvalue weighted by Crippen LogP contribution is 2.46. The molecule has 0 aromatic heterocycles. The second kappa shape index (κ2) is 7.84. The molecule has 3 atom stereocenters. The summed E-state index contributed by atoms with van der Waals surface area (Å²) >= 11 is 0. The molecule has 0 saturated carbocycles. The van der Waals surface area contributed by atoms with Crippen LogP contribution < -0.4 is 9.47 Å². The lowest BCUT2D eigenvalue weighted by molar-refractivity contribution is 0.0221. The molecule has 0 spiro atoms. The van der Waals surface area contributed by atoms with Crippen molar-refractivity contribution in [2.24, 2.45) is 5.92 Å². The number of nitrogens with zero attached hydrogens (tertiary/aromatic N) is 2. The van der Waals surface area contributed by atoms with Crippen LogP contribution >= 0.6 is 0 Å². The van der Waals surface area contributed by atoms with Crippen molar-refractivity contribution in [3.05, 3.63) is 23.3 Å². The molecule has 0 amide bonds. The second-order valence-corrected chi connectivity index (χ2v) is 10.1. The zero-order chi connectivity index (χ0) is 19.9. The molecule has 156 valence electrons. The number of ether oxygens (including phenoxy) is 2. The van der Waals surface area contributed by atoms with E-state index >= 15 is 0 Å². The van der Waals surface area contributed by atoms with Crippen molar-refractivity contribution >= 4 is 10.0 Å². The summed E-state index contributed by atoms with van der Waals surface area (Å²) in [4.78, 5) is 2.56. The maximum Gasteiger partial charge on any atom is 0.211 e. The molecule has 7 heteroatoms. The van der Waals surface area contributed by atoms with E-state index in [2.05, 4.69) is 17.0 Å². The number of piperidine rings is 2. The topological polar surface area (TPSA) is 59.1 Å². The van der Waals surface area contributed by atoms with Crippen molar-refractivity contribution in [1.29, 1.82) is 0 Å². The molecule has 28 heavy (non-hydrogen) atoms. The van der Waals surface area contributed by atoms with Gasteiger partial charge in [0.25, 0.3) is 0 Å². The van der Waals surface area contributed by atoms with Crippen molar-refractivity contribution in [3.8, 4) is 11.5 Å². The standard InChI is InChI=1S/C21H32N2O4S/c1-4-26-20-11-15-8-10-22-14-16-7-6-9-23(28(3,24)25)18(16)13-19(22)17(15)12-21(20)27-5-2/h11-12,16,18-19H,4-10,13-14H2,1-3H3/t16-,18+,19-/m1/s1. The van der Waals surface area contributed by atoms with Gasteiger partial charge >= 0.3 is 0 Å². The first-order chi connectivity index (χ1) is 13.4. The van der Waals surface area contributed by atoms with Crippen molar-refractivity contribution in [3.63, 3.8) is 0 Å². The molecule has 6 nitrogen and oxygen atoms in total. The molecule has 0 unspecified atom stereocenters. The van der Waals surface area contributed by atoms with Gasteiger partial charge in [-0.2, -0.15) is 4.31 Å². The molecule has 3 aliphatic rings. The van der Waals surface area contributed by atoms with Crippen molar-refractivity contribution in [2.45, 2.75) is 51.6 Å². The lowest BCUT2D eigenvalue weighted by Gasteiger charge is -2.51. The fraction of sp³-hybridized carbons (Fsp3) is 0.714. The summed E-state index contributed by atoms with van der Waals surface area (Å²) in [5.74, 6) is 2.06. The lowest BCUT2D eigenvalue weighted by Crippen LogP contribution is -2.57. The first kappa shape index (κ1) is 20.0. The largest absolute Gasteiger partial charge is 0.490 e. The van der Waals surface area contributed by atoms with Gasteiger partial charge in [0.05, 0.1) is 19.5 Å². The maximum atomic E-state index is 12.4. The van der Waals surface area contributed by atoms with E-state index in [-0.39, 0.29) is 12.1 Å². The Morgan fingerprint density at radius 2 is 1.82 bits per heavy atom. The van der Waals surface area contributed by atoms with Crippen LogP contribution in [0.15, 0.2) is 12.1 Å². The highest BCUT2D eigenvalue weighted by Gasteiger charge is 2.45. The molecular weight excluding hydrogens is 376 g/mol. The number of sulfonamides is 1. The fourth-order valence-corrected chi connectivity index (χ4v) is 6.57. The van der Waals surface area contributed by atoms with E-state index in [1.807, 2.05) is 13.8 Å². The lowest BCUT2D eigenvalue weighted by atomic mass is 9.77. The number of hydrogen-bond donors (Lipinski definition) is 0. The molecule has 4 rings (SSSR count). The zero-order valence-corrected chi connectivity index (χ0v) is 18.0. The van der Waals surface area contributed by atoms with Gasteiger partial charge in [0, 0.05) is 31.7 Å². The van der Waals surface area contributed by atoms with E-state index in [1.165, 1.54) is 17.4 Å². The van der Waals surface area contributed by atoms with Crippen LogP contribution in [0.1, 0.15) is 50.3 Å². The Labute approximate surface area is 168 Å². The average molecular weight is 409 g/mol. The molecule has 0 aliphatic carbocycles. The normalized spacial score (nSPS) is 28.2. The van der Waals surface area contributed by atoms with E-state index in [1.54, 1.807) is 4.31 Å². The van der Waals surface area contributed by atoms with Crippen molar-refractivity contribution in [2.75, 3.05) is 39.1 Å². The van der Waals surface area contributed by atoms with Crippen LogP contribution in [-0.4, -0.2) is 62.8 Å². The van der Waals surface area contributed by atoms with Gasteiger partial charge in [0.15, 0.2) is 11.5 Å². The minimum Gasteiger partial charge on any atom is -0.490 e. The van der Waals surface area contributed by atoms with Gasteiger partial charge in [-0.15, -0.1) is 0 Å². The number of benzene rings is 1.